The highest BCUT2D eigenvalue weighted by Gasteiger charge is 2.10. The van der Waals surface area contributed by atoms with E-state index in [4.69, 9.17) is 4.52 Å². The first-order chi connectivity index (χ1) is 8.54. The summed E-state index contributed by atoms with van der Waals surface area (Å²) in [5.74, 6) is 0.164. The van der Waals surface area contributed by atoms with Gasteiger partial charge in [0, 0.05) is 10.5 Å². The van der Waals surface area contributed by atoms with E-state index in [9.17, 15) is 9.18 Å². The van der Waals surface area contributed by atoms with Gasteiger partial charge in [0.25, 0.3) is 0 Å². The van der Waals surface area contributed by atoms with Crippen LogP contribution in [-0.2, 0) is 11.2 Å². The van der Waals surface area contributed by atoms with Crippen LogP contribution in [0.1, 0.15) is 11.3 Å². The van der Waals surface area contributed by atoms with Gasteiger partial charge in [0.05, 0.1) is 6.42 Å². The van der Waals surface area contributed by atoms with Crippen LogP contribution in [0, 0.1) is 12.7 Å². The third kappa shape index (κ3) is 3.16. The Balaban J connectivity index is 2.05. The molecule has 1 aromatic carbocycles. The molecular formula is C12H10BrFN2O2. The van der Waals surface area contributed by atoms with Crippen molar-refractivity contribution in [2.45, 2.75) is 13.3 Å². The highest BCUT2D eigenvalue weighted by atomic mass is 79.9. The quantitative estimate of drug-likeness (QED) is 0.947. The molecule has 1 N–H and O–H groups in total. The van der Waals surface area contributed by atoms with Crippen molar-refractivity contribution >= 4 is 27.7 Å². The van der Waals surface area contributed by atoms with Crippen molar-refractivity contribution in [2.24, 2.45) is 0 Å². The molecule has 6 heteroatoms. The number of aromatic nitrogens is 1. The number of nitrogens with one attached hydrogen (secondary N) is 1. The van der Waals surface area contributed by atoms with Crippen LogP contribution in [0.2, 0.25) is 0 Å². The second-order valence-corrected chi connectivity index (χ2v) is 4.70. The molecule has 0 aliphatic rings. The van der Waals surface area contributed by atoms with Gasteiger partial charge < -0.3 is 9.84 Å². The van der Waals surface area contributed by atoms with Gasteiger partial charge in [-0.1, -0.05) is 21.1 Å². The molecule has 0 aliphatic heterocycles. The summed E-state index contributed by atoms with van der Waals surface area (Å²) in [6.07, 6.45) is -0.0584. The van der Waals surface area contributed by atoms with E-state index in [0.29, 0.717) is 17.1 Å². The van der Waals surface area contributed by atoms with Gasteiger partial charge in [0.15, 0.2) is 5.82 Å². The number of nitrogens with zero attached hydrogens (tertiary/aromatic N) is 1. The van der Waals surface area contributed by atoms with Crippen LogP contribution in [0.25, 0.3) is 0 Å². The maximum atomic E-state index is 13.4. The van der Waals surface area contributed by atoms with Crippen LogP contribution in [0.4, 0.5) is 10.2 Å². The van der Waals surface area contributed by atoms with Crippen molar-refractivity contribution in [3.63, 3.8) is 0 Å². The predicted octanol–water partition coefficient (Wildman–Crippen LogP) is 3.07. The maximum Gasteiger partial charge on any atom is 0.230 e. The lowest BCUT2D eigenvalue weighted by atomic mass is 10.1. The normalized spacial score (nSPS) is 10.4. The van der Waals surface area contributed by atoms with Crippen molar-refractivity contribution in [1.29, 1.82) is 0 Å². The summed E-state index contributed by atoms with van der Waals surface area (Å²) in [4.78, 5) is 11.7. The van der Waals surface area contributed by atoms with E-state index in [1.54, 1.807) is 25.1 Å². The number of hydrogen-bond donors (Lipinski definition) is 1. The molecule has 0 radical (unpaired) electrons. The molecule has 0 saturated carbocycles. The molecule has 0 spiro atoms. The Morgan fingerprint density at radius 1 is 1.50 bits per heavy atom. The Morgan fingerprint density at radius 3 is 2.94 bits per heavy atom. The lowest BCUT2D eigenvalue weighted by Crippen LogP contribution is -2.15. The third-order valence-corrected chi connectivity index (χ3v) is 2.75. The van der Waals surface area contributed by atoms with Crippen molar-refractivity contribution in [2.75, 3.05) is 5.32 Å². The number of benzene rings is 1. The highest BCUT2D eigenvalue weighted by molar-refractivity contribution is 9.10. The summed E-state index contributed by atoms with van der Waals surface area (Å²) in [6, 6.07) is 6.06. The molecule has 1 heterocycles. The molecule has 1 amide bonds. The highest BCUT2D eigenvalue weighted by Crippen LogP contribution is 2.16. The van der Waals surface area contributed by atoms with Crippen molar-refractivity contribution in [3.05, 3.63) is 45.9 Å². The minimum Gasteiger partial charge on any atom is -0.360 e. The summed E-state index contributed by atoms with van der Waals surface area (Å²) in [5.41, 5.74) is 0.321. The molecule has 0 bridgehead atoms. The van der Waals surface area contributed by atoms with Gasteiger partial charge in [0.2, 0.25) is 5.91 Å². The average molecular weight is 313 g/mol. The van der Waals surface area contributed by atoms with Crippen LogP contribution in [-0.4, -0.2) is 11.1 Å². The van der Waals surface area contributed by atoms with Crippen LogP contribution in [0.3, 0.4) is 0 Å². The number of aryl methyl sites for hydroxylation is 1. The second-order valence-electron chi connectivity index (χ2n) is 3.78. The van der Waals surface area contributed by atoms with Crippen LogP contribution < -0.4 is 5.32 Å². The number of amides is 1. The lowest BCUT2D eigenvalue weighted by Gasteiger charge is -2.03. The summed E-state index contributed by atoms with van der Waals surface area (Å²) in [6.45, 7) is 1.72. The number of hydrogen-bond acceptors (Lipinski definition) is 3. The zero-order chi connectivity index (χ0) is 13.1. The van der Waals surface area contributed by atoms with E-state index in [1.165, 1.54) is 6.07 Å². The van der Waals surface area contributed by atoms with Gasteiger partial charge in [-0.3, -0.25) is 4.79 Å². The average Bonchev–Trinajstić information content (AvgIpc) is 2.69. The molecular weight excluding hydrogens is 303 g/mol. The Bertz CT molecular complexity index is 583. The Morgan fingerprint density at radius 2 is 2.28 bits per heavy atom. The van der Waals surface area contributed by atoms with Crippen LogP contribution in [0.15, 0.2) is 33.3 Å². The fourth-order valence-electron chi connectivity index (χ4n) is 1.46. The van der Waals surface area contributed by atoms with Gasteiger partial charge in [-0.2, -0.15) is 0 Å². The van der Waals surface area contributed by atoms with Gasteiger partial charge in [0.1, 0.15) is 11.6 Å². The molecule has 0 fully saturated rings. The van der Waals surface area contributed by atoms with Gasteiger partial charge in [-0.15, -0.1) is 0 Å². The number of carbonyl (C=O) groups excluding carboxylic acids is 1. The van der Waals surface area contributed by atoms with Gasteiger partial charge >= 0.3 is 0 Å². The third-order valence-electron chi connectivity index (χ3n) is 2.25. The van der Waals surface area contributed by atoms with E-state index < -0.39 is 5.82 Å². The SMILES string of the molecule is Cc1cc(NC(=O)Cc2cc(Br)ccc2F)no1. The van der Waals surface area contributed by atoms with E-state index in [1.807, 2.05) is 0 Å². The van der Waals surface area contributed by atoms with E-state index in [2.05, 4.69) is 26.4 Å². The maximum absolute atomic E-state index is 13.4. The molecule has 4 nitrogen and oxygen atoms in total. The molecule has 0 unspecified atom stereocenters. The van der Waals surface area contributed by atoms with Crippen molar-refractivity contribution in [3.8, 4) is 0 Å². The van der Waals surface area contributed by atoms with Gasteiger partial charge in [-0.05, 0) is 30.7 Å². The fraction of sp³-hybridized carbons (Fsp3) is 0.167. The zero-order valence-electron chi connectivity index (χ0n) is 9.54. The summed E-state index contributed by atoms with van der Waals surface area (Å²) in [7, 11) is 0. The number of carbonyl (C=O) groups is 1. The fourth-order valence-corrected chi connectivity index (χ4v) is 1.87. The second kappa shape index (κ2) is 5.30. The first kappa shape index (κ1) is 12.8. The summed E-state index contributed by atoms with van der Waals surface area (Å²) < 4.78 is 19.0. The smallest absolute Gasteiger partial charge is 0.230 e. The Kier molecular flexibility index (Phi) is 3.76. The monoisotopic (exact) mass is 312 g/mol. The summed E-state index contributed by atoms with van der Waals surface area (Å²) in [5, 5.41) is 6.16. The minimum absolute atomic E-state index is 0.0584. The molecule has 1 aromatic heterocycles. The van der Waals surface area contributed by atoms with Crippen molar-refractivity contribution < 1.29 is 13.7 Å². The predicted molar refractivity (Wildman–Crippen MR) is 67.7 cm³/mol. The molecule has 2 rings (SSSR count). The minimum atomic E-state index is -0.412. The van der Waals surface area contributed by atoms with Crippen LogP contribution >= 0.6 is 15.9 Å². The van der Waals surface area contributed by atoms with E-state index in [-0.39, 0.29) is 12.3 Å². The van der Waals surface area contributed by atoms with Crippen LogP contribution in [0.5, 0.6) is 0 Å². The molecule has 2 aromatic rings. The zero-order valence-corrected chi connectivity index (χ0v) is 11.1. The first-order valence-electron chi connectivity index (χ1n) is 5.21. The number of anilines is 1. The van der Waals surface area contributed by atoms with Gasteiger partial charge in [-0.25, -0.2) is 4.39 Å². The standard InChI is InChI=1S/C12H10BrFN2O2/c1-7-4-11(16-18-7)15-12(17)6-8-5-9(13)2-3-10(8)14/h2-5H,6H2,1H3,(H,15,16,17). The van der Waals surface area contributed by atoms with Crippen molar-refractivity contribution in [1.82, 2.24) is 5.16 Å². The number of rotatable bonds is 3. The lowest BCUT2D eigenvalue weighted by molar-refractivity contribution is -0.115. The van der Waals surface area contributed by atoms with E-state index in [0.717, 1.165) is 4.47 Å². The Hall–Kier alpha value is -1.69. The van der Waals surface area contributed by atoms with E-state index >= 15 is 0 Å². The Labute approximate surface area is 111 Å². The molecule has 0 atom stereocenters. The molecule has 0 aliphatic carbocycles. The molecule has 0 saturated heterocycles. The summed E-state index contributed by atoms with van der Waals surface area (Å²) >= 11 is 3.23. The first-order valence-corrected chi connectivity index (χ1v) is 6.01. The largest absolute Gasteiger partial charge is 0.360 e. The molecule has 18 heavy (non-hydrogen) atoms. The number of halogens is 2. The molecule has 94 valence electrons. The topological polar surface area (TPSA) is 55.1 Å².